The van der Waals surface area contributed by atoms with Gasteiger partial charge < -0.3 is 10.5 Å². The van der Waals surface area contributed by atoms with Gasteiger partial charge in [0.25, 0.3) is 10.0 Å². The van der Waals surface area contributed by atoms with Crippen molar-refractivity contribution in [2.75, 3.05) is 10.5 Å². The molecule has 9 nitrogen and oxygen atoms in total. The number of nitrogen functional groups attached to an aromatic ring is 1. The molecule has 0 amide bonds. The first-order valence-corrected chi connectivity index (χ1v) is 10.0. The lowest BCUT2D eigenvalue weighted by atomic mass is 10.1. The van der Waals surface area contributed by atoms with Gasteiger partial charge in [0.05, 0.1) is 16.8 Å². The molecule has 0 saturated heterocycles. The lowest BCUT2D eigenvalue weighted by Gasteiger charge is -2.12. The maximum atomic E-state index is 12.6. The number of fused-ring (bicyclic) bond motifs is 1. The van der Waals surface area contributed by atoms with Crippen molar-refractivity contribution in [1.82, 2.24) is 19.6 Å². The molecule has 0 aliphatic carbocycles. The maximum Gasteiger partial charge on any atom is 0.573 e. The number of nitrogens with one attached hydrogen (secondary N) is 1. The van der Waals surface area contributed by atoms with Crippen molar-refractivity contribution >= 4 is 27.3 Å². The number of pyridine rings is 2. The van der Waals surface area contributed by atoms with Gasteiger partial charge in [0.1, 0.15) is 5.75 Å². The highest BCUT2D eigenvalue weighted by Gasteiger charge is 2.31. The van der Waals surface area contributed by atoms with Crippen LogP contribution < -0.4 is 15.2 Å². The van der Waals surface area contributed by atoms with Crippen molar-refractivity contribution in [1.29, 1.82) is 0 Å². The second-order valence-electron chi connectivity index (χ2n) is 6.28. The van der Waals surface area contributed by atoms with Crippen LogP contribution in [-0.4, -0.2) is 34.4 Å². The van der Waals surface area contributed by atoms with Crippen molar-refractivity contribution in [3.63, 3.8) is 0 Å². The Kier molecular flexibility index (Phi) is 4.89. The normalized spacial score (nSPS) is 12.1. The molecule has 160 valence electrons. The molecule has 0 aliphatic rings. The predicted molar refractivity (Wildman–Crippen MR) is 105 cm³/mol. The van der Waals surface area contributed by atoms with Gasteiger partial charge >= 0.3 is 6.36 Å². The molecule has 1 aromatic carbocycles. The van der Waals surface area contributed by atoms with Crippen molar-refractivity contribution in [2.45, 2.75) is 11.3 Å². The number of benzene rings is 1. The van der Waals surface area contributed by atoms with E-state index in [1.807, 2.05) is 0 Å². The van der Waals surface area contributed by atoms with Gasteiger partial charge in [0, 0.05) is 29.6 Å². The zero-order chi connectivity index (χ0) is 22.2. The number of hydrogen-bond donors (Lipinski definition) is 2. The Morgan fingerprint density at radius 3 is 2.65 bits per heavy atom. The molecule has 4 rings (SSSR count). The first-order valence-electron chi connectivity index (χ1n) is 8.55. The molecule has 3 aromatic heterocycles. The zero-order valence-corrected chi connectivity index (χ0v) is 16.2. The second-order valence-corrected chi connectivity index (χ2v) is 7.96. The summed E-state index contributed by atoms with van der Waals surface area (Å²) >= 11 is 0. The summed E-state index contributed by atoms with van der Waals surface area (Å²) in [5, 5.41) is 4.01. The summed E-state index contributed by atoms with van der Waals surface area (Å²) in [6.45, 7) is 0. The van der Waals surface area contributed by atoms with Crippen LogP contribution in [0.5, 0.6) is 5.75 Å². The van der Waals surface area contributed by atoms with E-state index >= 15 is 0 Å². The van der Waals surface area contributed by atoms with Crippen molar-refractivity contribution in [3.8, 4) is 16.9 Å². The molecule has 13 heteroatoms. The van der Waals surface area contributed by atoms with Crippen molar-refractivity contribution < 1.29 is 26.3 Å². The van der Waals surface area contributed by atoms with Gasteiger partial charge in [-0.1, -0.05) is 6.07 Å². The fraction of sp³-hybridized carbons (Fsp3) is 0.0556. The average molecular weight is 450 g/mol. The van der Waals surface area contributed by atoms with Gasteiger partial charge in [-0.3, -0.25) is 9.71 Å². The number of nitrogens with two attached hydrogens (primary N) is 1. The van der Waals surface area contributed by atoms with Crippen LogP contribution in [0.3, 0.4) is 0 Å². The topological polar surface area (TPSA) is 124 Å². The van der Waals surface area contributed by atoms with E-state index in [0.717, 1.165) is 24.3 Å². The van der Waals surface area contributed by atoms with Gasteiger partial charge in [-0.25, -0.2) is 12.9 Å². The number of halogens is 3. The summed E-state index contributed by atoms with van der Waals surface area (Å²) in [4.78, 5) is 7.63. The quantitative estimate of drug-likeness (QED) is 0.479. The number of sulfonamides is 1. The van der Waals surface area contributed by atoms with Crippen LogP contribution >= 0.6 is 0 Å². The summed E-state index contributed by atoms with van der Waals surface area (Å²) in [5.41, 5.74) is 7.43. The molecule has 0 radical (unpaired) electrons. The fourth-order valence-corrected chi connectivity index (χ4v) is 3.85. The highest BCUT2D eigenvalue weighted by molar-refractivity contribution is 7.92. The smallest absolute Gasteiger partial charge is 0.406 e. The fourth-order valence-electron chi connectivity index (χ4n) is 2.78. The van der Waals surface area contributed by atoms with Gasteiger partial charge in [-0.2, -0.15) is 4.98 Å². The Morgan fingerprint density at radius 1 is 1.06 bits per heavy atom. The van der Waals surface area contributed by atoms with E-state index in [0.29, 0.717) is 16.8 Å². The van der Waals surface area contributed by atoms with Crippen LogP contribution in [0, 0.1) is 0 Å². The first kappa shape index (κ1) is 20.4. The Morgan fingerprint density at radius 2 is 1.87 bits per heavy atom. The lowest BCUT2D eigenvalue weighted by molar-refractivity contribution is -0.274. The molecule has 4 aromatic rings. The molecule has 3 heterocycles. The minimum atomic E-state index is -4.94. The molecule has 0 bridgehead atoms. The lowest BCUT2D eigenvalue weighted by Crippen LogP contribution is -2.18. The monoisotopic (exact) mass is 450 g/mol. The third kappa shape index (κ3) is 4.66. The number of rotatable bonds is 5. The molecule has 0 unspecified atom stereocenters. The van der Waals surface area contributed by atoms with E-state index in [1.165, 1.54) is 23.0 Å². The zero-order valence-electron chi connectivity index (χ0n) is 15.4. The summed E-state index contributed by atoms with van der Waals surface area (Å²) < 4.78 is 70.0. The molecule has 0 saturated carbocycles. The highest BCUT2D eigenvalue weighted by atomic mass is 32.2. The molecule has 0 spiro atoms. The van der Waals surface area contributed by atoms with Crippen molar-refractivity contribution in [3.05, 3.63) is 61.1 Å². The van der Waals surface area contributed by atoms with Crippen molar-refractivity contribution in [2.24, 2.45) is 0 Å². The number of anilines is 2. The van der Waals surface area contributed by atoms with E-state index in [4.69, 9.17) is 5.73 Å². The van der Waals surface area contributed by atoms with Crippen LogP contribution in [0.15, 0.2) is 66.0 Å². The van der Waals surface area contributed by atoms with E-state index in [-0.39, 0.29) is 11.6 Å². The summed E-state index contributed by atoms with van der Waals surface area (Å²) in [5.74, 6) is -0.545. The molecule has 0 fully saturated rings. The van der Waals surface area contributed by atoms with Gasteiger partial charge in [0.2, 0.25) is 5.95 Å². The van der Waals surface area contributed by atoms with Gasteiger partial charge in [-0.05, 0) is 30.3 Å². The molecular formula is C18H13F3N6O3S. The van der Waals surface area contributed by atoms with E-state index in [9.17, 15) is 21.6 Å². The summed E-state index contributed by atoms with van der Waals surface area (Å²) in [6, 6.07) is 8.99. The van der Waals surface area contributed by atoms with Gasteiger partial charge in [0.15, 0.2) is 5.65 Å². The minimum absolute atomic E-state index is 0.105. The predicted octanol–water partition coefficient (Wildman–Crippen LogP) is 3.07. The van der Waals surface area contributed by atoms with Crippen LogP contribution in [0.1, 0.15) is 0 Å². The third-order valence-electron chi connectivity index (χ3n) is 4.02. The SMILES string of the molecule is Nc1nc2ccc(-c3cncc(NS(=O)(=O)c4cccc(OC(F)(F)F)c4)c3)cn2n1. The molecule has 3 N–H and O–H groups in total. The van der Waals surface area contributed by atoms with Crippen LogP contribution in [0.4, 0.5) is 24.8 Å². The Balaban J connectivity index is 1.61. The Bertz CT molecular complexity index is 1370. The number of nitrogens with zero attached hydrogens (tertiary/aromatic N) is 4. The highest BCUT2D eigenvalue weighted by Crippen LogP contribution is 2.27. The number of aromatic nitrogens is 4. The number of hydrogen-bond acceptors (Lipinski definition) is 7. The summed E-state index contributed by atoms with van der Waals surface area (Å²) in [7, 11) is -4.20. The standard InChI is InChI=1S/C18H13F3N6O3S/c19-18(20,21)30-14-2-1-3-15(7-14)31(28,29)26-13-6-12(8-23-9-13)11-4-5-16-24-17(22)25-27(16)10-11/h1-10,26H,(H2,22,25). The summed E-state index contributed by atoms with van der Waals surface area (Å²) in [6.07, 6.45) is -0.518. The Hall–Kier alpha value is -3.87. The van der Waals surface area contributed by atoms with Crippen LogP contribution in [0.25, 0.3) is 16.8 Å². The Labute approximate surface area is 173 Å². The van der Waals surface area contributed by atoms with E-state index in [2.05, 4.69) is 24.5 Å². The minimum Gasteiger partial charge on any atom is -0.406 e. The first-order chi connectivity index (χ1) is 14.6. The third-order valence-corrected chi connectivity index (χ3v) is 5.40. The second kappa shape index (κ2) is 7.43. The average Bonchev–Trinajstić information content (AvgIpc) is 3.06. The molecular weight excluding hydrogens is 437 g/mol. The maximum absolute atomic E-state index is 12.6. The number of ether oxygens (including phenoxy) is 1. The molecule has 31 heavy (non-hydrogen) atoms. The molecule has 0 aliphatic heterocycles. The van der Waals surface area contributed by atoms with Crippen LogP contribution in [0.2, 0.25) is 0 Å². The number of alkyl halides is 3. The van der Waals surface area contributed by atoms with Crippen LogP contribution in [-0.2, 0) is 10.0 Å². The molecule has 0 atom stereocenters. The largest absolute Gasteiger partial charge is 0.573 e. The van der Waals surface area contributed by atoms with E-state index in [1.54, 1.807) is 18.3 Å². The van der Waals surface area contributed by atoms with E-state index < -0.39 is 27.0 Å². The van der Waals surface area contributed by atoms with Gasteiger partial charge in [-0.15, -0.1) is 18.3 Å².